The van der Waals surface area contributed by atoms with Gasteiger partial charge in [0.1, 0.15) is 0 Å². The molecule has 0 amide bonds. The smallest absolute Gasteiger partial charge is 0.282 e. The molecule has 1 N–H and O–H groups in total. The van der Waals surface area contributed by atoms with Gasteiger partial charge in [0.05, 0.1) is 5.75 Å². The molecule has 0 radical (unpaired) electrons. The van der Waals surface area contributed by atoms with Crippen LogP contribution < -0.4 is 5.32 Å². The summed E-state index contributed by atoms with van der Waals surface area (Å²) in [5.74, 6) is -1.41. The van der Waals surface area contributed by atoms with Crippen molar-refractivity contribution in [3.05, 3.63) is 35.9 Å². The zero-order valence-corrected chi connectivity index (χ0v) is 9.77. The highest BCUT2D eigenvalue weighted by Gasteiger charge is 2.31. The van der Waals surface area contributed by atoms with Crippen molar-refractivity contribution < 1.29 is 8.78 Å². The number of benzene rings is 1. The maximum Gasteiger partial charge on any atom is 0.282 e. The predicted octanol–water partition coefficient (Wildman–Crippen LogP) is 2.73. The van der Waals surface area contributed by atoms with E-state index in [1.165, 1.54) is 23.9 Å². The van der Waals surface area contributed by atoms with Gasteiger partial charge >= 0.3 is 0 Å². The summed E-state index contributed by atoms with van der Waals surface area (Å²) in [4.78, 5) is 0. The first kappa shape index (κ1) is 11.9. The fraction of sp³-hybridized carbons (Fsp3) is 0.500. The Kier molecular flexibility index (Phi) is 3.82. The van der Waals surface area contributed by atoms with Crippen LogP contribution in [0.25, 0.3) is 0 Å². The maximum atomic E-state index is 13.7. The van der Waals surface area contributed by atoms with Gasteiger partial charge in [-0.05, 0) is 24.8 Å². The highest BCUT2D eigenvalue weighted by molar-refractivity contribution is 7.99. The lowest BCUT2D eigenvalue weighted by Crippen LogP contribution is -2.43. The van der Waals surface area contributed by atoms with E-state index in [9.17, 15) is 8.78 Å². The molecular formula is C12H15F2NS. The second kappa shape index (κ2) is 5.15. The van der Waals surface area contributed by atoms with E-state index < -0.39 is 5.92 Å². The third-order valence-electron chi connectivity index (χ3n) is 2.70. The molecule has 1 heterocycles. The summed E-state index contributed by atoms with van der Waals surface area (Å²) in [5, 5.41) is 3.14. The van der Waals surface area contributed by atoms with Crippen LogP contribution in [0.5, 0.6) is 0 Å². The van der Waals surface area contributed by atoms with E-state index in [2.05, 4.69) is 5.32 Å². The maximum absolute atomic E-state index is 13.7. The topological polar surface area (TPSA) is 12.0 Å². The summed E-state index contributed by atoms with van der Waals surface area (Å²) in [5.41, 5.74) is 0.120. The van der Waals surface area contributed by atoms with Gasteiger partial charge in [0, 0.05) is 5.56 Å². The summed E-state index contributed by atoms with van der Waals surface area (Å²) in [6.45, 7) is 1.95. The van der Waals surface area contributed by atoms with E-state index >= 15 is 0 Å². The van der Waals surface area contributed by atoms with Gasteiger partial charge in [0.15, 0.2) is 0 Å². The number of alkyl halides is 2. The van der Waals surface area contributed by atoms with Gasteiger partial charge in [-0.2, -0.15) is 11.8 Å². The lowest BCUT2D eigenvalue weighted by atomic mass is 10.1. The number of hydrogen-bond acceptors (Lipinski definition) is 2. The van der Waals surface area contributed by atoms with Gasteiger partial charge in [-0.3, -0.25) is 0 Å². The molecule has 0 saturated carbocycles. The van der Waals surface area contributed by atoms with Crippen LogP contribution in [0.3, 0.4) is 0 Å². The van der Waals surface area contributed by atoms with Crippen molar-refractivity contribution in [1.29, 1.82) is 0 Å². The summed E-state index contributed by atoms with van der Waals surface area (Å²) in [7, 11) is 0. The van der Waals surface area contributed by atoms with E-state index in [1.807, 2.05) is 0 Å². The zero-order chi connectivity index (χ0) is 11.4. The molecular weight excluding hydrogens is 228 g/mol. The van der Waals surface area contributed by atoms with Crippen LogP contribution in [0.1, 0.15) is 5.56 Å². The molecule has 0 spiro atoms. The summed E-state index contributed by atoms with van der Waals surface area (Å²) >= 11 is 1.35. The van der Waals surface area contributed by atoms with Crippen LogP contribution in [0.4, 0.5) is 8.78 Å². The molecule has 1 aromatic carbocycles. The number of halogens is 2. The van der Waals surface area contributed by atoms with Crippen LogP contribution in [0.15, 0.2) is 30.3 Å². The van der Waals surface area contributed by atoms with E-state index in [4.69, 9.17) is 0 Å². The molecule has 1 saturated heterocycles. The van der Waals surface area contributed by atoms with Gasteiger partial charge in [-0.25, -0.2) is 8.78 Å². The lowest BCUT2D eigenvalue weighted by molar-refractivity contribution is 0.0231. The molecule has 0 atom stereocenters. The molecule has 1 nitrogen and oxygen atoms in total. The van der Waals surface area contributed by atoms with Gasteiger partial charge < -0.3 is 5.32 Å². The fourth-order valence-corrected chi connectivity index (χ4v) is 2.70. The minimum atomic E-state index is -2.71. The Morgan fingerprint density at radius 2 is 1.94 bits per heavy atom. The number of rotatable bonds is 5. The highest BCUT2D eigenvalue weighted by Crippen LogP contribution is 2.32. The zero-order valence-electron chi connectivity index (χ0n) is 8.96. The van der Waals surface area contributed by atoms with E-state index in [0.717, 1.165) is 18.8 Å². The monoisotopic (exact) mass is 243 g/mol. The Morgan fingerprint density at radius 1 is 1.25 bits per heavy atom. The first-order chi connectivity index (χ1) is 7.68. The average molecular weight is 243 g/mol. The molecule has 4 heteroatoms. The number of hydrogen-bond donors (Lipinski definition) is 1. The van der Waals surface area contributed by atoms with Crippen molar-refractivity contribution >= 4 is 11.8 Å². The quantitative estimate of drug-likeness (QED) is 0.853. The van der Waals surface area contributed by atoms with Crippen molar-refractivity contribution in [1.82, 2.24) is 5.32 Å². The SMILES string of the molecule is FC(F)(CSCC1CNC1)c1ccccc1. The highest BCUT2D eigenvalue weighted by atomic mass is 32.2. The van der Waals surface area contributed by atoms with Gasteiger partial charge in [-0.15, -0.1) is 0 Å². The number of thioether (sulfide) groups is 1. The minimum Gasteiger partial charge on any atom is -0.316 e. The van der Waals surface area contributed by atoms with Gasteiger partial charge in [0.2, 0.25) is 0 Å². The van der Waals surface area contributed by atoms with Gasteiger partial charge in [-0.1, -0.05) is 30.3 Å². The van der Waals surface area contributed by atoms with Crippen molar-refractivity contribution in [2.24, 2.45) is 5.92 Å². The van der Waals surface area contributed by atoms with Crippen LogP contribution >= 0.6 is 11.8 Å². The average Bonchev–Trinajstić information content (AvgIpc) is 2.23. The minimum absolute atomic E-state index is 0.118. The Labute approximate surface area is 98.6 Å². The first-order valence-electron chi connectivity index (χ1n) is 5.40. The molecule has 0 aliphatic carbocycles. The molecule has 0 bridgehead atoms. The second-order valence-corrected chi connectivity index (χ2v) is 5.14. The summed E-state index contributed by atoms with van der Waals surface area (Å²) in [6, 6.07) is 8.05. The normalized spacial score (nSPS) is 17.1. The molecule has 16 heavy (non-hydrogen) atoms. The van der Waals surface area contributed by atoms with Crippen molar-refractivity contribution in [3.63, 3.8) is 0 Å². The van der Waals surface area contributed by atoms with Crippen LogP contribution in [0.2, 0.25) is 0 Å². The summed E-state index contributed by atoms with van der Waals surface area (Å²) < 4.78 is 27.4. The second-order valence-electron chi connectivity index (χ2n) is 4.11. The Morgan fingerprint density at radius 3 is 2.50 bits per heavy atom. The Bertz CT molecular complexity index is 325. The third kappa shape index (κ3) is 2.95. The van der Waals surface area contributed by atoms with Crippen molar-refractivity contribution in [2.75, 3.05) is 24.6 Å². The standard InChI is InChI=1S/C12H15F2NS/c13-12(14,11-4-2-1-3-5-11)9-16-8-10-6-15-7-10/h1-5,10,15H,6-9H2. The Balaban J connectivity index is 1.82. The molecule has 1 aliphatic heterocycles. The number of nitrogens with one attached hydrogen (secondary N) is 1. The van der Waals surface area contributed by atoms with Crippen molar-refractivity contribution in [2.45, 2.75) is 5.92 Å². The predicted molar refractivity (Wildman–Crippen MR) is 64.0 cm³/mol. The van der Waals surface area contributed by atoms with Crippen LogP contribution in [0, 0.1) is 5.92 Å². The Hall–Kier alpha value is -0.610. The van der Waals surface area contributed by atoms with Crippen molar-refractivity contribution in [3.8, 4) is 0 Å². The molecule has 1 aromatic rings. The molecule has 0 aromatic heterocycles. The molecule has 1 fully saturated rings. The molecule has 2 rings (SSSR count). The molecule has 1 aliphatic rings. The fourth-order valence-electron chi connectivity index (χ4n) is 1.59. The first-order valence-corrected chi connectivity index (χ1v) is 6.56. The van der Waals surface area contributed by atoms with E-state index in [1.54, 1.807) is 18.2 Å². The van der Waals surface area contributed by atoms with E-state index in [-0.39, 0.29) is 11.3 Å². The van der Waals surface area contributed by atoms with Crippen LogP contribution in [-0.4, -0.2) is 24.6 Å². The van der Waals surface area contributed by atoms with Crippen LogP contribution in [-0.2, 0) is 5.92 Å². The van der Waals surface area contributed by atoms with Gasteiger partial charge in [0.25, 0.3) is 5.92 Å². The molecule has 88 valence electrons. The molecule has 0 unspecified atom stereocenters. The lowest BCUT2D eigenvalue weighted by Gasteiger charge is -2.27. The largest absolute Gasteiger partial charge is 0.316 e. The summed E-state index contributed by atoms with van der Waals surface area (Å²) in [6.07, 6.45) is 0. The third-order valence-corrected chi connectivity index (χ3v) is 3.97. The van der Waals surface area contributed by atoms with E-state index in [0.29, 0.717) is 5.92 Å².